The van der Waals surface area contributed by atoms with Gasteiger partial charge in [-0.15, -0.1) is 0 Å². The predicted molar refractivity (Wildman–Crippen MR) is 129 cm³/mol. The van der Waals surface area contributed by atoms with Gasteiger partial charge in [0.15, 0.2) is 0 Å². The number of hydrogen-bond donors (Lipinski definition) is 0. The van der Waals surface area contributed by atoms with Crippen molar-refractivity contribution in [2.24, 2.45) is 5.92 Å². The van der Waals surface area contributed by atoms with Gasteiger partial charge in [0.2, 0.25) is 17.8 Å². The van der Waals surface area contributed by atoms with Gasteiger partial charge in [-0.25, -0.2) is 4.98 Å². The van der Waals surface area contributed by atoms with E-state index in [1.54, 1.807) is 4.90 Å². The van der Waals surface area contributed by atoms with Crippen LogP contribution < -0.4 is 14.7 Å². The lowest BCUT2D eigenvalue weighted by Crippen LogP contribution is -2.51. The average molecular weight is 449 g/mol. The molecular formula is C25H32N6O2. The Morgan fingerprint density at radius 2 is 1.61 bits per heavy atom. The molecule has 3 aliphatic heterocycles. The third kappa shape index (κ3) is 4.51. The first-order valence-corrected chi connectivity index (χ1v) is 12.0. The van der Waals surface area contributed by atoms with Crippen LogP contribution in [0, 0.1) is 19.8 Å². The van der Waals surface area contributed by atoms with Crippen LogP contribution in [0.1, 0.15) is 30.5 Å². The Morgan fingerprint density at radius 3 is 2.30 bits per heavy atom. The topological polar surface area (TPSA) is 72.9 Å². The summed E-state index contributed by atoms with van der Waals surface area (Å²) in [4.78, 5) is 43.4. The number of nitrogens with zero attached hydrogens (tertiary/aromatic N) is 6. The summed E-state index contributed by atoms with van der Waals surface area (Å²) in [6.07, 6.45) is 2.67. The maximum absolute atomic E-state index is 13.2. The van der Waals surface area contributed by atoms with E-state index in [-0.39, 0.29) is 24.2 Å². The molecule has 0 radical (unpaired) electrons. The van der Waals surface area contributed by atoms with Gasteiger partial charge in [0.25, 0.3) is 0 Å². The highest BCUT2D eigenvalue weighted by Crippen LogP contribution is 2.28. The molecule has 0 spiro atoms. The summed E-state index contributed by atoms with van der Waals surface area (Å²) in [5.74, 6) is 1.61. The van der Waals surface area contributed by atoms with E-state index in [0.717, 1.165) is 54.9 Å². The lowest BCUT2D eigenvalue weighted by Gasteiger charge is -2.36. The van der Waals surface area contributed by atoms with Gasteiger partial charge in [-0.1, -0.05) is 17.7 Å². The summed E-state index contributed by atoms with van der Waals surface area (Å²) in [7, 11) is 0. The minimum Gasteiger partial charge on any atom is -0.353 e. The van der Waals surface area contributed by atoms with Crippen molar-refractivity contribution in [1.82, 2.24) is 14.9 Å². The van der Waals surface area contributed by atoms with Gasteiger partial charge in [0, 0.05) is 69.7 Å². The molecule has 0 N–H and O–H groups in total. The zero-order chi connectivity index (χ0) is 22.9. The average Bonchev–Trinajstić information content (AvgIpc) is 3.49. The van der Waals surface area contributed by atoms with Crippen LogP contribution in [0.5, 0.6) is 0 Å². The zero-order valence-corrected chi connectivity index (χ0v) is 19.5. The van der Waals surface area contributed by atoms with Gasteiger partial charge < -0.3 is 19.6 Å². The molecule has 3 aliphatic rings. The number of piperazine rings is 1. The third-order valence-electron chi connectivity index (χ3n) is 6.95. The van der Waals surface area contributed by atoms with E-state index < -0.39 is 0 Å². The number of hydrogen-bond acceptors (Lipinski definition) is 6. The molecule has 2 amide bonds. The van der Waals surface area contributed by atoms with Gasteiger partial charge in [-0.2, -0.15) is 4.98 Å². The fourth-order valence-electron chi connectivity index (χ4n) is 5.02. The maximum Gasteiger partial charge on any atom is 0.228 e. The number of aromatic nitrogens is 2. The monoisotopic (exact) mass is 448 g/mol. The van der Waals surface area contributed by atoms with Crippen LogP contribution in [0.2, 0.25) is 0 Å². The molecule has 4 heterocycles. The zero-order valence-electron chi connectivity index (χ0n) is 19.5. The molecule has 3 fully saturated rings. The molecule has 0 aliphatic carbocycles. The predicted octanol–water partition coefficient (Wildman–Crippen LogP) is 2.40. The van der Waals surface area contributed by atoms with Gasteiger partial charge in [-0.05, 0) is 38.8 Å². The Hall–Kier alpha value is -3.16. The second-order valence-corrected chi connectivity index (χ2v) is 9.41. The first-order valence-electron chi connectivity index (χ1n) is 12.0. The molecule has 8 heteroatoms. The number of carbonyl (C=O) groups is 2. The molecule has 8 nitrogen and oxygen atoms in total. The first kappa shape index (κ1) is 21.7. The molecule has 3 saturated heterocycles. The Kier molecular flexibility index (Phi) is 5.91. The SMILES string of the molecule is Cc1ccc(N2CC(C(=O)N3CCN(c4cc(C)nc(N5CCCC5)n4)CC3)CC2=O)cc1. The number of carbonyl (C=O) groups excluding carboxylic acids is 2. The Balaban J connectivity index is 1.20. The van der Waals surface area contributed by atoms with Crippen LogP contribution in [0.3, 0.4) is 0 Å². The van der Waals surface area contributed by atoms with Gasteiger partial charge in [-0.3, -0.25) is 9.59 Å². The summed E-state index contributed by atoms with van der Waals surface area (Å²) >= 11 is 0. The van der Waals surface area contributed by atoms with E-state index in [1.807, 2.05) is 49.1 Å². The molecule has 1 aromatic carbocycles. The Morgan fingerprint density at radius 1 is 0.909 bits per heavy atom. The quantitative estimate of drug-likeness (QED) is 0.715. The van der Waals surface area contributed by atoms with E-state index in [1.165, 1.54) is 12.8 Å². The summed E-state index contributed by atoms with van der Waals surface area (Å²) in [6, 6.07) is 9.95. The van der Waals surface area contributed by atoms with Gasteiger partial charge >= 0.3 is 0 Å². The van der Waals surface area contributed by atoms with E-state index in [2.05, 4.69) is 14.8 Å². The van der Waals surface area contributed by atoms with Crippen molar-refractivity contribution in [2.75, 3.05) is 60.5 Å². The minimum absolute atomic E-state index is 0.0294. The van der Waals surface area contributed by atoms with Crippen LogP contribution >= 0.6 is 0 Å². The molecule has 0 bridgehead atoms. The van der Waals surface area contributed by atoms with E-state index >= 15 is 0 Å². The van der Waals surface area contributed by atoms with E-state index in [4.69, 9.17) is 4.98 Å². The van der Waals surface area contributed by atoms with Crippen LogP contribution in [-0.2, 0) is 9.59 Å². The molecule has 1 unspecified atom stereocenters. The molecule has 1 atom stereocenters. The number of amides is 2. The van der Waals surface area contributed by atoms with Crippen molar-refractivity contribution < 1.29 is 9.59 Å². The number of benzene rings is 1. The molecule has 0 saturated carbocycles. The van der Waals surface area contributed by atoms with Crippen LogP contribution in [0.15, 0.2) is 30.3 Å². The first-order chi connectivity index (χ1) is 16.0. The number of rotatable bonds is 4. The molecule has 33 heavy (non-hydrogen) atoms. The molecule has 1 aromatic heterocycles. The summed E-state index contributed by atoms with van der Waals surface area (Å²) in [6.45, 7) is 9.32. The van der Waals surface area contributed by atoms with Crippen molar-refractivity contribution in [3.8, 4) is 0 Å². The van der Waals surface area contributed by atoms with Crippen LogP contribution in [-0.4, -0.2) is 72.5 Å². The number of aryl methyl sites for hydroxylation is 2. The normalized spacial score (nSPS) is 21.3. The summed E-state index contributed by atoms with van der Waals surface area (Å²) in [5, 5.41) is 0. The smallest absolute Gasteiger partial charge is 0.228 e. The summed E-state index contributed by atoms with van der Waals surface area (Å²) in [5.41, 5.74) is 3.00. The van der Waals surface area contributed by atoms with Gasteiger partial charge in [0.1, 0.15) is 5.82 Å². The standard InChI is InChI=1S/C25H32N6O2/c1-18-5-7-21(8-6-18)31-17-20(16-23(31)32)24(33)29-13-11-28(12-14-29)22-15-19(2)26-25(27-22)30-9-3-4-10-30/h5-8,15,20H,3-4,9-14,16-17H2,1-2H3. The lowest BCUT2D eigenvalue weighted by molar-refractivity contribution is -0.136. The lowest BCUT2D eigenvalue weighted by atomic mass is 10.1. The second-order valence-electron chi connectivity index (χ2n) is 9.41. The highest BCUT2D eigenvalue weighted by molar-refractivity contribution is 6.00. The minimum atomic E-state index is -0.270. The largest absolute Gasteiger partial charge is 0.353 e. The van der Waals surface area contributed by atoms with Crippen molar-refractivity contribution in [3.05, 3.63) is 41.6 Å². The maximum atomic E-state index is 13.2. The molecule has 2 aromatic rings. The Labute approximate surface area is 195 Å². The summed E-state index contributed by atoms with van der Waals surface area (Å²) < 4.78 is 0. The molecule has 174 valence electrons. The van der Waals surface area contributed by atoms with E-state index in [9.17, 15) is 9.59 Å². The van der Waals surface area contributed by atoms with Crippen molar-refractivity contribution >= 4 is 29.3 Å². The van der Waals surface area contributed by atoms with E-state index in [0.29, 0.717) is 19.6 Å². The molecular weight excluding hydrogens is 416 g/mol. The third-order valence-corrected chi connectivity index (χ3v) is 6.95. The van der Waals surface area contributed by atoms with Crippen LogP contribution in [0.4, 0.5) is 17.5 Å². The van der Waals surface area contributed by atoms with Crippen molar-refractivity contribution in [1.29, 1.82) is 0 Å². The van der Waals surface area contributed by atoms with Crippen molar-refractivity contribution in [2.45, 2.75) is 33.1 Å². The number of anilines is 3. The van der Waals surface area contributed by atoms with Crippen LogP contribution in [0.25, 0.3) is 0 Å². The fraction of sp³-hybridized carbons (Fsp3) is 0.520. The Bertz CT molecular complexity index is 1030. The van der Waals surface area contributed by atoms with Crippen molar-refractivity contribution in [3.63, 3.8) is 0 Å². The molecule has 5 rings (SSSR count). The highest BCUT2D eigenvalue weighted by Gasteiger charge is 2.38. The van der Waals surface area contributed by atoms with Gasteiger partial charge in [0.05, 0.1) is 5.92 Å². The highest BCUT2D eigenvalue weighted by atomic mass is 16.2. The fourth-order valence-corrected chi connectivity index (χ4v) is 5.02. The second kappa shape index (κ2) is 9.00.